The molecule has 0 bridgehead atoms. The highest BCUT2D eigenvalue weighted by molar-refractivity contribution is 6.21. The van der Waals surface area contributed by atoms with E-state index < -0.39 is 0 Å². The minimum absolute atomic E-state index is 0.0321. The van der Waals surface area contributed by atoms with Gasteiger partial charge in [0.2, 0.25) is 0 Å². The molecule has 0 spiro atoms. The van der Waals surface area contributed by atoms with Gasteiger partial charge in [0, 0.05) is 31.0 Å². The van der Waals surface area contributed by atoms with Crippen molar-refractivity contribution in [2.75, 3.05) is 49.7 Å². The predicted molar refractivity (Wildman–Crippen MR) is 216 cm³/mol. The average Bonchev–Trinajstić information content (AvgIpc) is 3.41. The standard InChI is InChI=1S/C45H53BN2O2/c1-6-10-27-45(46)43-31-35(33-11-17-37(18-12-33)47(8-3)28-7-2)15-25-41(43)42-26-16-36(32-44(42)45)34-13-19-38(20-14-34)48(9-4)29-30-50-40-23-21-39(49-5)22-24-40/h11-26,31-32H,6-10,27-30,46H2,1-5H3. The second kappa shape index (κ2) is 15.9. The molecule has 1 unspecified atom stereocenters. The molecule has 5 heteroatoms. The summed E-state index contributed by atoms with van der Waals surface area (Å²) in [5.74, 6) is 1.70. The van der Waals surface area contributed by atoms with Crippen molar-refractivity contribution < 1.29 is 9.47 Å². The van der Waals surface area contributed by atoms with Crippen molar-refractivity contribution in [2.45, 2.75) is 58.7 Å². The maximum absolute atomic E-state index is 6.03. The van der Waals surface area contributed by atoms with Crippen LogP contribution in [0.5, 0.6) is 11.5 Å². The number of fused-ring (bicyclic) bond motifs is 3. The fourth-order valence-corrected chi connectivity index (χ4v) is 7.66. The molecule has 50 heavy (non-hydrogen) atoms. The van der Waals surface area contributed by atoms with Crippen LogP contribution in [0.4, 0.5) is 11.4 Å². The number of nitrogens with zero attached hydrogens (tertiary/aromatic N) is 2. The number of anilines is 2. The first-order valence-electron chi connectivity index (χ1n) is 18.7. The molecule has 0 heterocycles. The van der Waals surface area contributed by atoms with Crippen LogP contribution in [0.25, 0.3) is 33.4 Å². The molecule has 0 aliphatic heterocycles. The molecule has 0 saturated heterocycles. The number of rotatable bonds is 16. The van der Waals surface area contributed by atoms with Crippen molar-refractivity contribution in [1.29, 1.82) is 0 Å². The van der Waals surface area contributed by atoms with E-state index in [0.717, 1.165) is 50.5 Å². The summed E-state index contributed by atoms with van der Waals surface area (Å²) in [6.45, 7) is 13.5. The third-order valence-electron chi connectivity index (χ3n) is 10.6. The van der Waals surface area contributed by atoms with E-state index in [0.29, 0.717) is 6.61 Å². The first-order chi connectivity index (χ1) is 24.4. The molecule has 0 amide bonds. The van der Waals surface area contributed by atoms with Gasteiger partial charge in [0.05, 0.1) is 13.7 Å². The Hall–Kier alpha value is -4.64. The monoisotopic (exact) mass is 664 g/mol. The van der Waals surface area contributed by atoms with Gasteiger partial charge < -0.3 is 19.3 Å². The molecule has 1 atom stereocenters. The van der Waals surface area contributed by atoms with Gasteiger partial charge in [-0.15, -0.1) is 0 Å². The van der Waals surface area contributed by atoms with E-state index in [1.54, 1.807) is 7.11 Å². The molecular weight excluding hydrogens is 611 g/mol. The Balaban J connectivity index is 1.22. The Morgan fingerprint density at radius 2 is 1.04 bits per heavy atom. The quantitative estimate of drug-likeness (QED) is 0.0981. The largest absolute Gasteiger partial charge is 0.497 e. The van der Waals surface area contributed by atoms with Crippen molar-refractivity contribution in [1.82, 2.24) is 0 Å². The van der Waals surface area contributed by atoms with E-state index >= 15 is 0 Å². The first kappa shape index (κ1) is 35.2. The number of likely N-dealkylation sites (N-methyl/N-ethyl adjacent to an activating group) is 1. The molecule has 0 N–H and O–H groups in total. The number of ether oxygens (including phenoxy) is 2. The molecule has 0 saturated carbocycles. The van der Waals surface area contributed by atoms with Crippen molar-refractivity contribution in [3.8, 4) is 44.9 Å². The van der Waals surface area contributed by atoms with E-state index in [1.807, 2.05) is 24.3 Å². The van der Waals surface area contributed by atoms with Crippen molar-refractivity contribution in [3.05, 3.63) is 120 Å². The van der Waals surface area contributed by atoms with Gasteiger partial charge in [-0.05, 0) is 125 Å². The summed E-state index contributed by atoms with van der Waals surface area (Å²) in [4.78, 5) is 4.82. The Morgan fingerprint density at radius 1 is 0.560 bits per heavy atom. The summed E-state index contributed by atoms with van der Waals surface area (Å²) < 4.78 is 11.3. The number of hydrogen-bond donors (Lipinski definition) is 0. The highest BCUT2D eigenvalue weighted by Gasteiger charge is 2.39. The lowest BCUT2D eigenvalue weighted by Crippen LogP contribution is -2.28. The second-order valence-corrected chi connectivity index (χ2v) is 13.7. The van der Waals surface area contributed by atoms with Gasteiger partial charge in [0.15, 0.2) is 0 Å². The molecule has 6 rings (SSSR count). The van der Waals surface area contributed by atoms with Crippen LogP contribution in [0, 0.1) is 0 Å². The van der Waals surface area contributed by atoms with Crippen LogP contribution in [0.15, 0.2) is 109 Å². The maximum atomic E-state index is 6.03. The molecule has 0 radical (unpaired) electrons. The Labute approximate surface area is 301 Å². The van der Waals surface area contributed by atoms with Crippen LogP contribution in [0.2, 0.25) is 0 Å². The van der Waals surface area contributed by atoms with Gasteiger partial charge in [-0.3, -0.25) is 0 Å². The fraction of sp³-hybridized carbons (Fsp3) is 0.333. The fourth-order valence-electron chi connectivity index (χ4n) is 7.66. The summed E-state index contributed by atoms with van der Waals surface area (Å²) in [5, 5.41) is -0.0321. The molecule has 5 aromatic carbocycles. The average molecular weight is 665 g/mol. The van der Waals surface area contributed by atoms with E-state index in [2.05, 4.69) is 130 Å². The van der Waals surface area contributed by atoms with Crippen molar-refractivity contribution in [2.24, 2.45) is 0 Å². The van der Waals surface area contributed by atoms with Gasteiger partial charge in [-0.1, -0.05) is 87.4 Å². The Bertz CT molecular complexity index is 1850. The number of benzene rings is 5. The van der Waals surface area contributed by atoms with Crippen LogP contribution in [0.3, 0.4) is 0 Å². The van der Waals surface area contributed by atoms with E-state index in [1.165, 1.54) is 68.7 Å². The molecule has 0 fully saturated rings. The number of unbranched alkanes of at least 4 members (excludes halogenated alkanes) is 1. The zero-order chi connectivity index (χ0) is 35.1. The molecule has 1 aliphatic rings. The van der Waals surface area contributed by atoms with Crippen LogP contribution >= 0.6 is 0 Å². The van der Waals surface area contributed by atoms with Gasteiger partial charge >= 0.3 is 0 Å². The van der Waals surface area contributed by atoms with E-state index in [4.69, 9.17) is 9.47 Å². The topological polar surface area (TPSA) is 24.9 Å². The van der Waals surface area contributed by atoms with Crippen LogP contribution < -0.4 is 19.3 Å². The molecule has 258 valence electrons. The van der Waals surface area contributed by atoms with Crippen LogP contribution in [-0.4, -0.2) is 47.7 Å². The number of methoxy groups -OCH3 is 1. The normalized spacial score (nSPS) is 14.6. The lowest BCUT2D eigenvalue weighted by Gasteiger charge is -2.28. The van der Waals surface area contributed by atoms with Crippen LogP contribution in [0.1, 0.15) is 64.5 Å². The van der Waals surface area contributed by atoms with E-state index in [-0.39, 0.29) is 5.31 Å². The lowest BCUT2D eigenvalue weighted by molar-refractivity contribution is 0.323. The summed E-state index contributed by atoms with van der Waals surface area (Å²) >= 11 is 0. The molecule has 1 aliphatic carbocycles. The second-order valence-electron chi connectivity index (χ2n) is 13.7. The Kier molecular flexibility index (Phi) is 11.2. The third-order valence-corrected chi connectivity index (χ3v) is 10.6. The summed E-state index contributed by atoms with van der Waals surface area (Å²) in [7, 11) is 4.16. The zero-order valence-electron chi connectivity index (χ0n) is 31.0. The maximum Gasteiger partial charge on any atom is 0.121 e. The summed E-state index contributed by atoms with van der Waals surface area (Å²) in [6.07, 6.45) is 4.69. The van der Waals surface area contributed by atoms with Gasteiger partial charge in [0.25, 0.3) is 0 Å². The minimum Gasteiger partial charge on any atom is -0.497 e. The first-order valence-corrected chi connectivity index (χ1v) is 18.7. The molecule has 4 nitrogen and oxygen atoms in total. The SMILES string of the molecule is BC1(CCCC)c2cc(-c3ccc(N(CC)CCC)cc3)ccc2-c2ccc(-c3ccc(N(CC)CCOc4ccc(OC)cc4)cc3)cc21. The van der Waals surface area contributed by atoms with Crippen LogP contribution in [-0.2, 0) is 5.31 Å². The van der Waals surface area contributed by atoms with Crippen molar-refractivity contribution >= 4 is 19.2 Å². The van der Waals surface area contributed by atoms with Crippen molar-refractivity contribution in [3.63, 3.8) is 0 Å². The molecule has 0 aromatic heterocycles. The Morgan fingerprint density at radius 3 is 1.50 bits per heavy atom. The predicted octanol–water partition coefficient (Wildman–Crippen LogP) is 10.2. The molecule has 5 aromatic rings. The highest BCUT2D eigenvalue weighted by atomic mass is 16.5. The van der Waals surface area contributed by atoms with Gasteiger partial charge in [0.1, 0.15) is 26.0 Å². The third kappa shape index (κ3) is 7.28. The zero-order valence-corrected chi connectivity index (χ0v) is 31.0. The van der Waals surface area contributed by atoms with Gasteiger partial charge in [-0.2, -0.15) is 0 Å². The summed E-state index contributed by atoms with van der Waals surface area (Å²) in [6, 6.07) is 40.3. The molecular formula is C45H53BN2O2. The lowest BCUT2D eigenvalue weighted by atomic mass is 9.59. The highest BCUT2D eigenvalue weighted by Crippen LogP contribution is 2.51. The van der Waals surface area contributed by atoms with E-state index in [9.17, 15) is 0 Å². The summed E-state index contributed by atoms with van der Waals surface area (Å²) in [5.41, 5.74) is 13.3. The number of hydrogen-bond acceptors (Lipinski definition) is 4. The van der Waals surface area contributed by atoms with Gasteiger partial charge in [-0.25, -0.2) is 0 Å². The minimum atomic E-state index is -0.0321. The smallest absolute Gasteiger partial charge is 0.121 e.